The van der Waals surface area contributed by atoms with E-state index in [0.717, 1.165) is 5.56 Å². The lowest BCUT2D eigenvalue weighted by Crippen LogP contribution is -2.30. The molecule has 1 N–H and O–H groups in total. The Morgan fingerprint density at radius 2 is 2.00 bits per heavy atom. The van der Waals surface area contributed by atoms with E-state index in [1.165, 1.54) is 25.1 Å². The smallest absolute Gasteiger partial charge is 0.310 e. The van der Waals surface area contributed by atoms with Gasteiger partial charge in [0.15, 0.2) is 11.9 Å². The van der Waals surface area contributed by atoms with E-state index >= 15 is 0 Å². The van der Waals surface area contributed by atoms with Crippen LogP contribution >= 0.6 is 11.6 Å². The van der Waals surface area contributed by atoms with Gasteiger partial charge in [-0.3, -0.25) is 14.9 Å². The van der Waals surface area contributed by atoms with Crippen LogP contribution in [-0.2, 0) is 4.79 Å². The Labute approximate surface area is 138 Å². The molecule has 0 unspecified atom stereocenters. The van der Waals surface area contributed by atoms with Gasteiger partial charge in [0.25, 0.3) is 5.91 Å². The molecule has 1 amide bonds. The Kier molecular flexibility index (Phi) is 5.18. The Balaban J connectivity index is 2.08. The van der Waals surface area contributed by atoms with Gasteiger partial charge < -0.3 is 10.1 Å². The van der Waals surface area contributed by atoms with E-state index < -0.39 is 16.9 Å². The summed E-state index contributed by atoms with van der Waals surface area (Å²) in [6.45, 7) is 3.37. The first-order chi connectivity index (χ1) is 10.9. The number of hydrogen-bond acceptors (Lipinski definition) is 4. The molecule has 120 valence electrons. The summed E-state index contributed by atoms with van der Waals surface area (Å²) in [5.41, 5.74) is 1.24. The fourth-order valence-corrected chi connectivity index (χ4v) is 2.05. The van der Waals surface area contributed by atoms with Crippen LogP contribution in [0.4, 0.5) is 11.4 Å². The molecule has 0 heterocycles. The first-order valence-corrected chi connectivity index (χ1v) is 7.23. The maximum absolute atomic E-state index is 12.1. The molecule has 0 aliphatic rings. The third kappa shape index (κ3) is 4.20. The zero-order valence-electron chi connectivity index (χ0n) is 12.6. The quantitative estimate of drug-likeness (QED) is 0.662. The number of halogens is 1. The van der Waals surface area contributed by atoms with E-state index in [-0.39, 0.29) is 11.4 Å². The molecule has 6 nitrogen and oxygen atoms in total. The second kappa shape index (κ2) is 7.11. The monoisotopic (exact) mass is 334 g/mol. The molecule has 0 aliphatic carbocycles. The summed E-state index contributed by atoms with van der Waals surface area (Å²) in [7, 11) is 0. The molecule has 0 saturated carbocycles. The van der Waals surface area contributed by atoms with Crippen molar-refractivity contribution in [2.75, 3.05) is 5.32 Å². The van der Waals surface area contributed by atoms with Gasteiger partial charge >= 0.3 is 5.69 Å². The SMILES string of the molecule is Cc1ccc(NC(=O)[C@@H](C)Oc2ccccc2[N+](=O)[O-])cc1Cl. The first-order valence-electron chi connectivity index (χ1n) is 6.85. The number of nitro benzene ring substituents is 1. The topological polar surface area (TPSA) is 81.5 Å². The highest BCUT2D eigenvalue weighted by molar-refractivity contribution is 6.31. The Morgan fingerprint density at radius 1 is 1.30 bits per heavy atom. The molecule has 0 fully saturated rings. The summed E-state index contributed by atoms with van der Waals surface area (Å²) in [5.74, 6) is -0.384. The average molecular weight is 335 g/mol. The van der Waals surface area contributed by atoms with Crippen LogP contribution in [0.15, 0.2) is 42.5 Å². The summed E-state index contributed by atoms with van der Waals surface area (Å²) < 4.78 is 5.41. The van der Waals surface area contributed by atoms with Crippen molar-refractivity contribution < 1.29 is 14.5 Å². The number of rotatable bonds is 5. The molecule has 23 heavy (non-hydrogen) atoms. The van der Waals surface area contributed by atoms with E-state index in [1.54, 1.807) is 24.3 Å². The fourth-order valence-electron chi connectivity index (χ4n) is 1.87. The highest BCUT2D eigenvalue weighted by Crippen LogP contribution is 2.27. The molecule has 2 aromatic rings. The lowest BCUT2D eigenvalue weighted by Gasteiger charge is -2.15. The molecule has 2 aromatic carbocycles. The molecule has 0 aliphatic heterocycles. The number of nitrogens with zero attached hydrogens (tertiary/aromatic N) is 1. The third-order valence-corrected chi connectivity index (χ3v) is 3.58. The van der Waals surface area contributed by atoms with Gasteiger partial charge in [-0.1, -0.05) is 29.8 Å². The average Bonchev–Trinajstić information content (AvgIpc) is 2.51. The maximum Gasteiger partial charge on any atom is 0.310 e. The third-order valence-electron chi connectivity index (χ3n) is 3.17. The Hall–Kier alpha value is -2.60. The lowest BCUT2D eigenvalue weighted by molar-refractivity contribution is -0.386. The summed E-state index contributed by atoms with van der Waals surface area (Å²) in [6.07, 6.45) is -0.906. The van der Waals surface area contributed by atoms with E-state index in [4.69, 9.17) is 16.3 Å². The standard InChI is InChI=1S/C16H15ClN2O4/c1-10-7-8-12(9-13(10)17)18-16(20)11(2)23-15-6-4-3-5-14(15)19(21)22/h3-9,11H,1-2H3,(H,18,20)/t11-/m1/s1. The van der Waals surface area contributed by atoms with Crippen LogP contribution in [-0.4, -0.2) is 16.9 Å². The molecule has 1 atom stereocenters. The molecular weight excluding hydrogens is 320 g/mol. The second-order valence-corrected chi connectivity index (χ2v) is 5.35. The van der Waals surface area contributed by atoms with Gasteiger partial charge in [-0.25, -0.2) is 0 Å². The van der Waals surface area contributed by atoms with Crippen molar-refractivity contribution in [2.24, 2.45) is 0 Å². The van der Waals surface area contributed by atoms with Gasteiger partial charge in [0.1, 0.15) is 0 Å². The molecule has 7 heteroatoms. The summed E-state index contributed by atoms with van der Waals surface area (Å²) in [4.78, 5) is 22.5. The van der Waals surface area contributed by atoms with E-state index in [0.29, 0.717) is 10.7 Å². The van der Waals surface area contributed by atoms with Crippen LogP contribution in [0.5, 0.6) is 5.75 Å². The zero-order valence-corrected chi connectivity index (χ0v) is 13.3. The molecule has 2 rings (SSSR count). The van der Waals surface area contributed by atoms with Crippen LogP contribution in [0.1, 0.15) is 12.5 Å². The molecule has 0 aromatic heterocycles. The Morgan fingerprint density at radius 3 is 2.65 bits per heavy atom. The van der Waals surface area contributed by atoms with Gasteiger partial charge in [0.2, 0.25) is 0 Å². The molecule has 0 spiro atoms. The van der Waals surface area contributed by atoms with Crippen LogP contribution < -0.4 is 10.1 Å². The number of benzene rings is 2. The predicted molar refractivity (Wildman–Crippen MR) is 88.0 cm³/mol. The second-order valence-electron chi connectivity index (χ2n) is 4.94. The summed E-state index contributed by atoms with van der Waals surface area (Å²) >= 11 is 6.00. The number of amides is 1. The number of nitro groups is 1. The summed E-state index contributed by atoms with van der Waals surface area (Å²) in [6, 6.07) is 11.0. The molecule has 0 bridgehead atoms. The minimum absolute atomic E-state index is 0.0436. The van der Waals surface area contributed by atoms with E-state index in [2.05, 4.69) is 5.32 Å². The highest BCUT2D eigenvalue weighted by atomic mass is 35.5. The largest absolute Gasteiger partial charge is 0.474 e. The normalized spacial score (nSPS) is 11.6. The maximum atomic E-state index is 12.1. The van der Waals surface area contributed by atoms with Crippen molar-refractivity contribution >= 4 is 28.9 Å². The lowest BCUT2D eigenvalue weighted by atomic mass is 10.2. The van der Waals surface area contributed by atoms with Crippen molar-refractivity contribution in [3.8, 4) is 5.75 Å². The van der Waals surface area contributed by atoms with Crippen molar-refractivity contribution in [2.45, 2.75) is 20.0 Å². The van der Waals surface area contributed by atoms with Crippen molar-refractivity contribution in [3.63, 3.8) is 0 Å². The molecular formula is C16H15ClN2O4. The number of para-hydroxylation sites is 2. The minimum atomic E-state index is -0.906. The van der Waals surface area contributed by atoms with Gasteiger partial charge in [-0.15, -0.1) is 0 Å². The number of carbonyl (C=O) groups is 1. The van der Waals surface area contributed by atoms with Crippen molar-refractivity contribution in [1.29, 1.82) is 0 Å². The van der Waals surface area contributed by atoms with Gasteiger partial charge in [0.05, 0.1) is 4.92 Å². The molecule has 0 saturated heterocycles. The molecule has 0 radical (unpaired) electrons. The van der Waals surface area contributed by atoms with Crippen LogP contribution in [0.3, 0.4) is 0 Å². The number of carbonyl (C=O) groups excluding carboxylic acids is 1. The number of anilines is 1. The van der Waals surface area contributed by atoms with Crippen LogP contribution in [0.2, 0.25) is 5.02 Å². The van der Waals surface area contributed by atoms with Gasteiger partial charge in [-0.05, 0) is 37.6 Å². The van der Waals surface area contributed by atoms with Crippen LogP contribution in [0, 0.1) is 17.0 Å². The Bertz CT molecular complexity index is 749. The fraction of sp³-hybridized carbons (Fsp3) is 0.188. The number of hydrogen-bond donors (Lipinski definition) is 1. The van der Waals surface area contributed by atoms with E-state index in [1.807, 2.05) is 6.92 Å². The minimum Gasteiger partial charge on any atom is -0.474 e. The zero-order chi connectivity index (χ0) is 17.0. The van der Waals surface area contributed by atoms with Gasteiger partial charge in [-0.2, -0.15) is 0 Å². The van der Waals surface area contributed by atoms with E-state index in [9.17, 15) is 14.9 Å². The van der Waals surface area contributed by atoms with Gasteiger partial charge in [0, 0.05) is 16.8 Å². The van der Waals surface area contributed by atoms with Crippen molar-refractivity contribution in [3.05, 3.63) is 63.2 Å². The number of ether oxygens (including phenoxy) is 1. The predicted octanol–water partition coefficient (Wildman–Crippen LogP) is 3.96. The highest BCUT2D eigenvalue weighted by Gasteiger charge is 2.20. The first kappa shape index (κ1) is 16.8. The van der Waals surface area contributed by atoms with Crippen LogP contribution in [0.25, 0.3) is 0 Å². The number of aryl methyl sites for hydroxylation is 1. The van der Waals surface area contributed by atoms with Crippen molar-refractivity contribution in [1.82, 2.24) is 0 Å². The summed E-state index contributed by atoms with van der Waals surface area (Å²) in [5, 5.41) is 14.1. The number of nitrogens with one attached hydrogen (secondary N) is 1.